The number of nitrogens with one attached hydrogen (secondary N) is 2. The fraction of sp³-hybridized carbons (Fsp3) is 0.400. The van der Waals surface area contributed by atoms with Gasteiger partial charge >= 0.3 is 0 Å². The van der Waals surface area contributed by atoms with Gasteiger partial charge in [0.2, 0.25) is 5.95 Å². The summed E-state index contributed by atoms with van der Waals surface area (Å²) in [6.45, 7) is 5.57. The van der Waals surface area contributed by atoms with E-state index in [0.29, 0.717) is 39.8 Å². The molecule has 1 fully saturated rings. The summed E-state index contributed by atoms with van der Waals surface area (Å²) in [7, 11) is 0.267. The van der Waals surface area contributed by atoms with Crippen molar-refractivity contribution in [1.29, 1.82) is 0 Å². The van der Waals surface area contributed by atoms with Crippen LogP contribution >= 0.6 is 0 Å². The van der Waals surface area contributed by atoms with E-state index in [1.54, 1.807) is 29.8 Å². The van der Waals surface area contributed by atoms with Crippen molar-refractivity contribution in [3.05, 3.63) is 70.5 Å². The van der Waals surface area contributed by atoms with Crippen molar-refractivity contribution in [2.24, 2.45) is 0 Å². The summed E-state index contributed by atoms with van der Waals surface area (Å²) in [4.78, 5) is 29.7. The van der Waals surface area contributed by atoms with Crippen LogP contribution in [0.25, 0.3) is 22.2 Å². The molecule has 4 aromatic rings. The molecule has 0 saturated heterocycles. The van der Waals surface area contributed by atoms with E-state index in [2.05, 4.69) is 39.0 Å². The predicted molar refractivity (Wildman–Crippen MR) is 163 cm³/mol. The highest BCUT2D eigenvalue weighted by Gasteiger charge is 2.24. The molecule has 5 rings (SSSR count). The molecule has 10 nitrogen and oxygen atoms in total. The van der Waals surface area contributed by atoms with Gasteiger partial charge in [-0.3, -0.25) is 14.1 Å². The number of halogens is 1. The van der Waals surface area contributed by atoms with Crippen LogP contribution in [0.3, 0.4) is 0 Å². The minimum Gasteiger partial charge on any atom is -0.351 e. The van der Waals surface area contributed by atoms with E-state index in [-0.39, 0.29) is 28.4 Å². The molecule has 0 bridgehead atoms. The van der Waals surface area contributed by atoms with Gasteiger partial charge in [-0.05, 0) is 103 Å². The summed E-state index contributed by atoms with van der Waals surface area (Å²) >= 11 is 0. The molecule has 0 radical (unpaired) electrons. The highest BCUT2D eigenvalue weighted by Crippen LogP contribution is 2.28. The summed E-state index contributed by atoms with van der Waals surface area (Å²) in [6, 6.07) is 10.1. The lowest BCUT2D eigenvalue weighted by Gasteiger charge is -2.33. The number of aryl methyl sites for hydroxylation is 1. The van der Waals surface area contributed by atoms with Gasteiger partial charge in [-0.2, -0.15) is 4.98 Å². The third kappa shape index (κ3) is 6.14. The minimum absolute atomic E-state index is 0.0862. The van der Waals surface area contributed by atoms with Gasteiger partial charge in [0.1, 0.15) is 17.3 Å². The SMILES string of the molecule is Cc1nc(NS(=O)(=O)c2ccc(F)cc2)ccc1-c1cc2cnc(NC3CCC(N(C)C)CC3)nc2n(C(C)C)c1=O. The molecule has 1 aromatic carbocycles. The lowest BCUT2D eigenvalue weighted by atomic mass is 9.91. The van der Waals surface area contributed by atoms with Crippen LogP contribution in [0.2, 0.25) is 0 Å². The van der Waals surface area contributed by atoms with Gasteiger partial charge in [-0.25, -0.2) is 22.8 Å². The van der Waals surface area contributed by atoms with Crippen LogP contribution in [0.5, 0.6) is 0 Å². The fourth-order valence-corrected chi connectivity index (χ4v) is 6.49. The fourth-order valence-electron chi connectivity index (χ4n) is 5.49. The van der Waals surface area contributed by atoms with Crippen molar-refractivity contribution in [2.75, 3.05) is 24.1 Å². The molecular weight excluding hydrogens is 557 g/mol. The first kappa shape index (κ1) is 29.6. The van der Waals surface area contributed by atoms with Crippen LogP contribution in [0.1, 0.15) is 51.3 Å². The smallest absolute Gasteiger partial charge is 0.263 e. The Morgan fingerprint density at radius 3 is 2.31 bits per heavy atom. The molecule has 3 heterocycles. The Labute approximate surface area is 245 Å². The Balaban J connectivity index is 1.44. The van der Waals surface area contributed by atoms with Gasteiger partial charge in [0.05, 0.1) is 4.90 Å². The molecule has 1 aliphatic carbocycles. The summed E-state index contributed by atoms with van der Waals surface area (Å²) in [5, 5.41) is 4.18. The number of hydrogen-bond donors (Lipinski definition) is 2. The third-order valence-corrected chi connectivity index (χ3v) is 9.16. The number of pyridine rings is 2. The Hall–Kier alpha value is -3.90. The number of aromatic nitrogens is 4. The Kier molecular flexibility index (Phi) is 8.29. The van der Waals surface area contributed by atoms with Crippen molar-refractivity contribution in [3.8, 4) is 11.1 Å². The number of fused-ring (bicyclic) bond motifs is 1. The first-order valence-electron chi connectivity index (χ1n) is 14.0. The molecule has 0 aliphatic heterocycles. The molecule has 0 unspecified atom stereocenters. The highest BCUT2D eigenvalue weighted by molar-refractivity contribution is 7.92. The second-order valence-corrected chi connectivity index (χ2v) is 13.0. The van der Waals surface area contributed by atoms with Crippen LogP contribution in [0.4, 0.5) is 16.2 Å². The maximum absolute atomic E-state index is 13.8. The molecule has 3 aromatic heterocycles. The van der Waals surface area contributed by atoms with Gasteiger partial charge < -0.3 is 10.2 Å². The van der Waals surface area contributed by atoms with Crippen LogP contribution in [0.15, 0.2) is 58.4 Å². The zero-order valence-electron chi connectivity index (χ0n) is 24.4. The average molecular weight is 594 g/mol. The lowest BCUT2D eigenvalue weighted by Crippen LogP contribution is -2.36. The number of sulfonamides is 1. The molecule has 1 saturated carbocycles. The van der Waals surface area contributed by atoms with Gasteiger partial charge in [-0.15, -0.1) is 0 Å². The second-order valence-electron chi connectivity index (χ2n) is 11.3. The molecule has 2 N–H and O–H groups in total. The summed E-state index contributed by atoms with van der Waals surface area (Å²) in [6.07, 6.45) is 6.01. The van der Waals surface area contributed by atoms with E-state index in [4.69, 9.17) is 4.98 Å². The van der Waals surface area contributed by atoms with Crippen molar-refractivity contribution >= 4 is 32.8 Å². The molecule has 42 heavy (non-hydrogen) atoms. The van der Waals surface area contributed by atoms with Crippen molar-refractivity contribution in [2.45, 2.75) is 69.5 Å². The molecule has 0 atom stereocenters. The molecule has 222 valence electrons. The predicted octanol–water partition coefficient (Wildman–Crippen LogP) is 4.97. The van der Waals surface area contributed by atoms with Crippen molar-refractivity contribution < 1.29 is 12.8 Å². The molecule has 0 amide bonds. The van der Waals surface area contributed by atoms with E-state index in [1.807, 2.05) is 13.8 Å². The second kappa shape index (κ2) is 11.8. The Morgan fingerprint density at radius 2 is 1.69 bits per heavy atom. The minimum atomic E-state index is -3.97. The van der Waals surface area contributed by atoms with Crippen molar-refractivity contribution in [1.82, 2.24) is 24.4 Å². The van der Waals surface area contributed by atoms with Gasteiger partial charge in [0.15, 0.2) is 0 Å². The van der Waals surface area contributed by atoms with Gasteiger partial charge in [0.25, 0.3) is 15.6 Å². The Morgan fingerprint density at radius 1 is 1.00 bits per heavy atom. The number of nitrogens with zero attached hydrogens (tertiary/aromatic N) is 5. The normalized spacial score (nSPS) is 17.6. The van der Waals surface area contributed by atoms with Crippen molar-refractivity contribution in [3.63, 3.8) is 0 Å². The molecular formula is C30H36FN7O3S. The van der Waals surface area contributed by atoms with Crippen LogP contribution < -0.4 is 15.6 Å². The van der Waals surface area contributed by atoms with Crippen LogP contribution in [0, 0.1) is 12.7 Å². The quantitative estimate of drug-likeness (QED) is 0.294. The van der Waals surface area contributed by atoms with Gasteiger partial charge in [-0.1, -0.05) is 0 Å². The maximum atomic E-state index is 13.8. The Bertz CT molecular complexity index is 1760. The standard InChI is InChI=1S/C30H36FN7O3S/c1-18(2)38-28-20(17-32-30(35-28)34-22-8-10-23(11-9-22)37(4)5)16-26(29(38)39)25-14-15-27(33-19(25)3)36-42(40,41)24-12-6-21(31)7-13-24/h6-7,12-18,22-23H,8-11H2,1-5H3,(H,33,36)(H,32,34,35). The highest BCUT2D eigenvalue weighted by atomic mass is 32.2. The summed E-state index contributed by atoms with van der Waals surface area (Å²) < 4.78 is 42.8. The maximum Gasteiger partial charge on any atom is 0.263 e. The first-order chi connectivity index (χ1) is 19.9. The van der Waals surface area contributed by atoms with E-state index < -0.39 is 15.8 Å². The molecule has 12 heteroatoms. The van der Waals surface area contributed by atoms with Crippen LogP contribution in [-0.4, -0.2) is 59.0 Å². The third-order valence-electron chi connectivity index (χ3n) is 7.79. The topological polar surface area (TPSA) is 122 Å². The lowest BCUT2D eigenvalue weighted by molar-refractivity contribution is 0.221. The zero-order valence-corrected chi connectivity index (χ0v) is 25.2. The summed E-state index contributed by atoms with van der Waals surface area (Å²) in [5.41, 5.74) is 1.78. The number of hydrogen-bond acceptors (Lipinski definition) is 8. The van der Waals surface area contributed by atoms with Crippen LogP contribution in [-0.2, 0) is 10.0 Å². The van der Waals surface area contributed by atoms with E-state index in [1.165, 1.54) is 18.2 Å². The number of anilines is 2. The molecule has 1 aliphatic rings. The largest absolute Gasteiger partial charge is 0.351 e. The number of benzene rings is 1. The van der Waals surface area contributed by atoms with E-state index >= 15 is 0 Å². The van der Waals surface area contributed by atoms with E-state index in [0.717, 1.165) is 37.8 Å². The summed E-state index contributed by atoms with van der Waals surface area (Å²) in [5.74, 6) is 0.0623. The number of rotatable bonds is 8. The first-order valence-corrected chi connectivity index (χ1v) is 15.5. The van der Waals surface area contributed by atoms with Gasteiger partial charge in [0, 0.05) is 46.5 Å². The average Bonchev–Trinajstić information content (AvgIpc) is 2.93. The monoisotopic (exact) mass is 593 g/mol. The zero-order chi connectivity index (χ0) is 30.2. The molecule has 0 spiro atoms. The van der Waals surface area contributed by atoms with E-state index in [9.17, 15) is 17.6 Å².